The molecule has 1 aliphatic rings. The van der Waals surface area contributed by atoms with Crippen molar-refractivity contribution in [3.63, 3.8) is 0 Å². The van der Waals surface area contributed by atoms with Crippen molar-refractivity contribution in [3.05, 3.63) is 132 Å². The second-order valence-corrected chi connectivity index (χ2v) is 9.78. The van der Waals surface area contributed by atoms with Crippen LogP contribution in [0, 0.1) is 13.8 Å². The van der Waals surface area contributed by atoms with E-state index in [1.165, 1.54) is 11.3 Å². The number of aromatic nitrogens is 2. The zero-order valence-corrected chi connectivity index (χ0v) is 22.1. The predicted molar refractivity (Wildman–Crippen MR) is 153 cm³/mol. The van der Waals surface area contributed by atoms with E-state index in [4.69, 9.17) is 21.4 Å². The van der Waals surface area contributed by atoms with Gasteiger partial charge in [-0.3, -0.25) is 4.98 Å². The lowest BCUT2D eigenvalue weighted by Crippen LogP contribution is -2.29. The van der Waals surface area contributed by atoms with Gasteiger partial charge in [0.15, 0.2) is 5.11 Å². The Hall–Kier alpha value is -4.36. The third-order valence-electron chi connectivity index (χ3n) is 7.02. The molecule has 5 aromatic rings. The van der Waals surface area contributed by atoms with Crippen LogP contribution in [0.3, 0.4) is 0 Å². The first-order valence-corrected chi connectivity index (χ1v) is 13.0. The van der Waals surface area contributed by atoms with Crippen LogP contribution in [-0.2, 0) is 6.54 Å². The normalized spacial score (nSPS) is 17.0. The van der Waals surface area contributed by atoms with E-state index < -0.39 is 0 Å². The van der Waals surface area contributed by atoms with Gasteiger partial charge in [0.05, 0.1) is 30.6 Å². The molecular weight excluding hydrogens is 492 g/mol. The first-order valence-electron chi connectivity index (χ1n) is 12.6. The second-order valence-electron chi connectivity index (χ2n) is 9.40. The molecule has 6 nitrogen and oxygen atoms in total. The Morgan fingerprint density at radius 3 is 2.39 bits per heavy atom. The van der Waals surface area contributed by atoms with Crippen LogP contribution >= 0.6 is 12.2 Å². The quantitative estimate of drug-likeness (QED) is 0.231. The van der Waals surface area contributed by atoms with Crippen LogP contribution in [0.4, 0.5) is 5.69 Å². The Morgan fingerprint density at radius 2 is 1.68 bits per heavy atom. The van der Waals surface area contributed by atoms with Crippen molar-refractivity contribution in [2.45, 2.75) is 32.5 Å². The molecule has 0 unspecified atom stereocenters. The standard InChI is InChI=1S/C31H28N4O2S/c1-21-19-27(22(2)34(21)20-26-11-8-18-36-26)30-29(28-12-6-7-17-32-28)33-31(38)35(30)23-13-15-25(16-14-23)37-24-9-4-3-5-10-24/h3-19,29-30H,20H2,1-2H3,(H,33,38)/t29-,30+/m1/s1. The number of rotatable bonds is 7. The fourth-order valence-corrected chi connectivity index (χ4v) is 5.52. The van der Waals surface area contributed by atoms with Gasteiger partial charge in [-0.1, -0.05) is 24.3 Å². The van der Waals surface area contributed by atoms with Gasteiger partial charge in [-0.25, -0.2) is 0 Å². The summed E-state index contributed by atoms with van der Waals surface area (Å²) in [4.78, 5) is 6.88. The molecule has 0 bridgehead atoms. The van der Waals surface area contributed by atoms with Crippen molar-refractivity contribution in [3.8, 4) is 11.5 Å². The number of para-hydroxylation sites is 1. The Morgan fingerprint density at radius 1 is 0.921 bits per heavy atom. The van der Waals surface area contributed by atoms with Gasteiger partial charge in [-0.15, -0.1) is 0 Å². The molecule has 0 spiro atoms. The summed E-state index contributed by atoms with van der Waals surface area (Å²) in [7, 11) is 0. The fraction of sp³-hybridized carbons (Fsp3) is 0.161. The van der Waals surface area contributed by atoms with Crippen LogP contribution in [-0.4, -0.2) is 14.7 Å². The summed E-state index contributed by atoms with van der Waals surface area (Å²) in [5.74, 6) is 2.49. The maximum Gasteiger partial charge on any atom is 0.174 e. The van der Waals surface area contributed by atoms with Crippen molar-refractivity contribution >= 4 is 23.0 Å². The van der Waals surface area contributed by atoms with Crippen LogP contribution in [0.2, 0.25) is 0 Å². The second kappa shape index (κ2) is 10.2. The van der Waals surface area contributed by atoms with E-state index in [0.717, 1.165) is 34.3 Å². The molecule has 0 amide bonds. The van der Waals surface area contributed by atoms with E-state index in [0.29, 0.717) is 11.7 Å². The lowest BCUT2D eigenvalue weighted by atomic mass is 9.96. The third-order valence-corrected chi connectivity index (χ3v) is 7.33. The largest absolute Gasteiger partial charge is 0.467 e. The van der Waals surface area contributed by atoms with E-state index >= 15 is 0 Å². The molecule has 6 rings (SSSR count). The fourth-order valence-electron chi connectivity index (χ4n) is 5.18. The van der Waals surface area contributed by atoms with Gasteiger partial charge in [0.2, 0.25) is 0 Å². The maximum absolute atomic E-state index is 6.02. The average molecular weight is 521 g/mol. The minimum atomic E-state index is -0.110. The smallest absolute Gasteiger partial charge is 0.174 e. The monoisotopic (exact) mass is 520 g/mol. The van der Waals surface area contributed by atoms with Gasteiger partial charge in [0, 0.05) is 23.3 Å². The molecule has 190 valence electrons. The average Bonchev–Trinajstić information content (AvgIpc) is 3.65. The Labute approximate surface area is 227 Å². The van der Waals surface area contributed by atoms with E-state index in [9.17, 15) is 0 Å². The lowest BCUT2D eigenvalue weighted by Gasteiger charge is -2.28. The number of hydrogen-bond donors (Lipinski definition) is 1. The number of ether oxygens (including phenoxy) is 1. The van der Waals surface area contributed by atoms with Crippen LogP contribution < -0.4 is 15.0 Å². The number of pyridine rings is 1. The number of nitrogens with zero attached hydrogens (tertiary/aromatic N) is 3. The number of anilines is 1. The van der Waals surface area contributed by atoms with Crippen LogP contribution in [0.1, 0.15) is 40.5 Å². The molecule has 1 saturated heterocycles. The van der Waals surface area contributed by atoms with Crippen LogP contribution in [0.5, 0.6) is 11.5 Å². The van der Waals surface area contributed by atoms with Gasteiger partial charge in [0.1, 0.15) is 17.3 Å². The minimum absolute atomic E-state index is 0.0881. The van der Waals surface area contributed by atoms with Crippen LogP contribution in [0.15, 0.2) is 108 Å². The Kier molecular flexibility index (Phi) is 6.43. The minimum Gasteiger partial charge on any atom is -0.467 e. The SMILES string of the molecule is Cc1cc([C@H]2[C@@H](c3ccccn3)NC(=S)N2c2ccc(Oc3ccccc3)cc2)c(C)n1Cc1ccco1. The summed E-state index contributed by atoms with van der Waals surface area (Å²) in [6, 6.07) is 29.9. The molecule has 0 saturated carbocycles. The first kappa shape index (κ1) is 24.0. The zero-order chi connectivity index (χ0) is 26.1. The van der Waals surface area contributed by atoms with E-state index in [1.54, 1.807) is 6.26 Å². The summed E-state index contributed by atoms with van der Waals surface area (Å²) in [5, 5.41) is 4.22. The number of hydrogen-bond acceptors (Lipinski definition) is 4. The molecule has 1 aliphatic heterocycles. The molecule has 1 fully saturated rings. The summed E-state index contributed by atoms with van der Waals surface area (Å²) < 4.78 is 14.0. The summed E-state index contributed by atoms with van der Waals surface area (Å²) >= 11 is 5.92. The number of thiocarbonyl (C=S) groups is 1. The molecule has 0 radical (unpaired) electrons. The molecule has 1 N–H and O–H groups in total. The van der Waals surface area contributed by atoms with Gasteiger partial charge in [-0.2, -0.15) is 0 Å². The van der Waals surface area contributed by atoms with E-state index in [1.807, 2.05) is 72.9 Å². The molecule has 2 aromatic carbocycles. The van der Waals surface area contributed by atoms with Gasteiger partial charge in [0.25, 0.3) is 0 Å². The topological polar surface area (TPSA) is 55.5 Å². The van der Waals surface area contributed by atoms with E-state index in [-0.39, 0.29) is 12.1 Å². The zero-order valence-electron chi connectivity index (χ0n) is 21.2. The highest BCUT2D eigenvalue weighted by Gasteiger charge is 2.42. The number of aryl methyl sites for hydroxylation is 1. The van der Waals surface area contributed by atoms with Crippen molar-refractivity contribution in [2.75, 3.05) is 4.90 Å². The molecule has 0 aliphatic carbocycles. The Bertz CT molecular complexity index is 1530. The first-order chi connectivity index (χ1) is 18.6. The van der Waals surface area contributed by atoms with E-state index in [2.05, 4.69) is 57.9 Å². The number of nitrogens with one attached hydrogen (secondary N) is 1. The molecule has 4 heterocycles. The van der Waals surface area contributed by atoms with Gasteiger partial charge >= 0.3 is 0 Å². The summed E-state index contributed by atoms with van der Waals surface area (Å²) in [5.41, 5.74) is 5.47. The van der Waals surface area contributed by atoms with Crippen molar-refractivity contribution in [1.82, 2.24) is 14.9 Å². The van der Waals surface area contributed by atoms with Gasteiger partial charge < -0.3 is 23.9 Å². The number of furan rings is 1. The third kappa shape index (κ3) is 4.57. The lowest BCUT2D eigenvalue weighted by molar-refractivity contribution is 0.482. The van der Waals surface area contributed by atoms with Gasteiger partial charge in [-0.05, 0) is 98.4 Å². The van der Waals surface area contributed by atoms with Crippen molar-refractivity contribution in [2.24, 2.45) is 0 Å². The molecule has 7 heteroatoms. The van der Waals surface area contributed by atoms with Crippen molar-refractivity contribution in [1.29, 1.82) is 0 Å². The molecule has 3 aromatic heterocycles. The van der Waals surface area contributed by atoms with Crippen molar-refractivity contribution < 1.29 is 9.15 Å². The summed E-state index contributed by atoms with van der Waals surface area (Å²) in [6.07, 6.45) is 3.55. The maximum atomic E-state index is 6.02. The molecular formula is C31H28N4O2S. The highest BCUT2D eigenvalue weighted by atomic mass is 32.1. The Balaban J connectivity index is 1.38. The highest BCUT2D eigenvalue weighted by molar-refractivity contribution is 7.80. The predicted octanol–water partition coefficient (Wildman–Crippen LogP) is 7.11. The van der Waals surface area contributed by atoms with Crippen LogP contribution in [0.25, 0.3) is 0 Å². The highest BCUT2D eigenvalue weighted by Crippen LogP contribution is 2.43. The molecule has 38 heavy (non-hydrogen) atoms. The number of benzene rings is 2. The molecule has 2 atom stereocenters. The summed E-state index contributed by atoms with van der Waals surface area (Å²) in [6.45, 7) is 4.97.